The summed E-state index contributed by atoms with van der Waals surface area (Å²) in [5.41, 5.74) is 2.71. The van der Waals surface area contributed by atoms with Gasteiger partial charge in [0.1, 0.15) is 17.8 Å². The van der Waals surface area contributed by atoms with Gasteiger partial charge in [0.2, 0.25) is 5.89 Å². The van der Waals surface area contributed by atoms with Gasteiger partial charge in [-0.05, 0) is 35.9 Å². The van der Waals surface area contributed by atoms with Crippen LogP contribution in [0, 0.1) is 11.7 Å². The monoisotopic (exact) mass is 394 g/mol. The van der Waals surface area contributed by atoms with E-state index in [4.69, 9.17) is 14.3 Å². The number of carbonyl (C=O) groups is 1. The fourth-order valence-electron chi connectivity index (χ4n) is 4.43. The molecule has 2 aliphatic heterocycles. The predicted octanol–water partition coefficient (Wildman–Crippen LogP) is 4.63. The van der Waals surface area contributed by atoms with Crippen molar-refractivity contribution in [1.29, 1.82) is 0 Å². The summed E-state index contributed by atoms with van der Waals surface area (Å²) in [6, 6.07) is 10.4. The molecule has 0 radical (unpaired) electrons. The Morgan fingerprint density at radius 2 is 2.14 bits per heavy atom. The Bertz CT molecular complexity index is 1140. The Balaban J connectivity index is 1.59. The number of aromatic carboxylic acids is 1. The van der Waals surface area contributed by atoms with Crippen molar-refractivity contribution >= 4 is 11.7 Å². The molecule has 2 N–H and O–H groups in total. The molecular formula is C22H19FN2O4. The first-order valence-electron chi connectivity index (χ1n) is 9.37. The van der Waals surface area contributed by atoms with Crippen molar-refractivity contribution in [2.45, 2.75) is 25.3 Å². The standard InChI is InChI=1S/C22H19FN2O4/c1-22(2)12-8-11(20-25-16(10-29-20)21(26)27)6-7-15(12)24-19-13(22)9-28-17-5-3-4-14(23)18(17)19/h3-8,10,13,19,24H,9H2,1-2H3,(H,26,27)/t13-,19-/m0/s1. The molecule has 0 saturated carbocycles. The number of anilines is 1. The molecule has 2 aliphatic rings. The van der Waals surface area contributed by atoms with Gasteiger partial charge in [0.25, 0.3) is 0 Å². The minimum absolute atomic E-state index is 0.00814. The fourth-order valence-corrected chi connectivity index (χ4v) is 4.43. The quantitative estimate of drug-likeness (QED) is 0.659. The van der Waals surface area contributed by atoms with E-state index in [2.05, 4.69) is 24.1 Å². The first kappa shape index (κ1) is 17.7. The number of nitrogens with zero attached hydrogens (tertiary/aromatic N) is 1. The number of halogens is 1. The van der Waals surface area contributed by atoms with Crippen LogP contribution < -0.4 is 10.1 Å². The minimum Gasteiger partial charge on any atom is -0.493 e. The fraction of sp³-hybridized carbons (Fsp3) is 0.273. The number of fused-ring (bicyclic) bond motifs is 4. The van der Waals surface area contributed by atoms with Crippen LogP contribution in [0.3, 0.4) is 0 Å². The highest BCUT2D eigenvalue weighted by atomic mass is 19.1. The SMILES string of the molecule is CC1(C)c2cc(-c3nc(C(=O)O)co3)ccc2N[C@@H]2c3c(F)cccc3OC[C@@H]21. The summed E-state index contributed by atoms with van der Waals surface area (Å²) in [6.45, 7) is 4.69. The molecule has 0 saturated heterocycles. The summed E-state index contributed by atoms with van der Waals surface area (Å²) in [4.78, 5) is 15.1. The zero-order valence-corrected chi connectivity index (χ0v) is 15.9. The lowest BCUT2D eigenvalue weighted by Crippen LogP contribution is -2.46. The molecule has 1 aromatic heterocycles. The molecule has 5 rings (SSSR count). The Morgan fingerprint density at radius 1 is 1.31 bits per heavy atom. The number of hydrogen-bond donors (Lipinski definition) is 2. The lowest BCUT2D eigenvalue weighted by Gasteiger charge is -2.48. The van der Waals surface area contributed by atoms with Crippen LogP contribution in [-0.2, 0) is 5.41 Å². The van der Waals surface area contributed by atoms with Crippen LogP contribution in [0.2, 0.25) is 0 Å². The Hall–Kier alpha value is -3.35. The van der Waals surface area contributed by atoms with Gasteiger partial charge < -0.3 is 19.6 Å². The van der Waals surface area contributed by atoms with Gasteiger partial charge in [-0.3, -0.25) is 0 Å². The maximum atomic E-state index is 14.6. The van der Waals surface area contributed by atoms with Crippen LogP contribution >= 0.6 is 0 Å². The summed E-state index contributed by atoms with van der Waals surface area (Å²) in [6.07, 6.45) is 1.13. The number of ether oxygens (including phenoxy) is 1. The number of carboxylic acid groups (broad SMARTS) is 1. The Labute approximate surface area is 166 Å². The van der Waals surface area contributed by atoms with Gasteiger partial charge >= 0.3 is 5.97 Å². The molecule has 0 aliphatic carbocycles. The molecule has 3 aromatic rings. The van der Waals surface area contributed by atoms with Crippen molar-refractivity contribution in [2.75, 3.05) is 11.9 Å². The van der Waals surface area contributed by atoms with Crippen LogP contribution in [0.1, 0.15) is 41.5 Å². The average molecular weight is 394 g/mol. The molecule has 0 unspecified atom stereocenters. The lowest BCUT2D eigenvalue weighted by atomic mass is 9.65. The van der Waals surface area contributed by atoms with E-state index in [0.717, 1.165) is 17.5 Å². The molecule has 0 amide bonds. The van der Waals surface area contributed by atoms with E-state index >= 15 is 0 Å². The van der Waals surface area contributed by atoms with Gasteiger partial charge in [-0.1, -0.05) is 19.9 Å². The molecular weight excluding hydrogens is 375 g/mol. The van der Waals surface area contributed by atoms with Crippen molar-refractivity contribution in [3.63, 3.8) is 0 Å². The zero-order valence-electron chi connectivity index (χ0n) is 15.9. The van der Waals surface area contributed by atoms with Crippen LogP contribution in [0.15, 0.2) is 47.1 Å². The van der Waals surface area contributed by atoms with Crippen LogP contribution in [0.4, 0.5) is 10.1 Å². The number of hydrogen-bond acceptors (Lipinski definition) is 5. The van der Waals surface area contributed by atoms with E-state index in [-0.39, 0.29) is 34.8 Å². The van der Waals surface area contributed by atoms with E-state index in [1.54, 1.807) is 12.1 Å². The summed E-state index contributed by atoms with van der Waals surface area (Å²) < 4.78 is 25.9. The molecule has 0 spiro atoms. The molecule has 148 valence electrons. The van der Waals surface area contributed by atoms with Gasteiger partial charge in [0.05, 0.1) is 18.2 Å². The molecule has 2 atom stereocenters. The largest absolute Gasteiger partial charge is 0.493 e. The number of rotatable bonds is 2. The third-order valence-corrected chi connectivity index (χ3v) is 6.07. The van der Waals surface area contributed by atoms with E-state index in [1.165, 1.54) is 6.07 Å². The van der Waals surface area contributed by atoms with Crippen molar-refractivity contribution in [2.24, 2.45) is 5.92 Å². The van der Waals surface area contributed by atoms with Gasteiger partial charge in [0, 0.05) is 22.6 Å². The molecule has 0 fully saturated rings. The summed E-state index contributed by atoms with van der Waals surface area (Å²) in [5, 5.41) is 12.6. The zero-order chi connectivity index (χ0) is 20.3. The third kappa shape index (κ3) is 2.61. The van der Waals surface area contributed by atoms with Gasteiger partial charge in [0.15, 0.2) is 5.69 Å². The van der Waals surface area contributed by atoms with Crippen molar-refractivity contribution in [3.05, 3.63) is 65.3 Å². The smallest absolute Gasteiger partial charge is 0.357 e. The summed E-state index contributed by atoms with van der Waals surface area (Å²) in [5.74, 6) is -0.576. The summed E-state index contributed by atoms with van der Waals surface area (Å²) in [7, 11) is 0. The summed E-state index contributed by atoms with van der Waals surface area (Å²) >= 11 is 0. The number of nitrogens with one attached hydrogen (secondary N) is 1. The van der Waals surface area contributed by atoms with Gasteiger partial charge in [-0.25, -0.2) is 14.2 Å². The number of benzene rings is 2. The third-order valence-electron chi connectivity index (χ3n) is 6.07. The molecule has 2 aromatic carbocycles. The first-order valence-corrected chi connectivity index (χ1v) is 9.37. The highest BCUT2D eigenvalue weighted by molar-refractivity contribution is 5.85. The number of carboxylic acids is 1. The van der Waals surface area contributed by atoms with Crippen LogP contribution in [0.25, 0.3) is 11.5 Å². The molecule has 29 heavy (non-hydrogen) atoms. The van der Waals surface area contributed by atoms with Crippen molar-refractivity contribution in [1.82, 2.24) is 4.98 Å². The predicted molar refractivity (Wildman–Crippen MR) is 104 cm³/mol. The van der Waals surface area contributed by atoms with Crippen molar-refractivity contribution < 1.29 is 23.4 Å². The average Bonchev–Trinajstić information content (AvgIpc) is 3.18. The van der Waals surface area contributed by atoms with Gasteiger partial charge in [-0.15, -0.1) is 0 Å². The second kappa shape index (κ2) is 6.07. The molecule has 6 nitrogen and oxygen atoms in total. The molecule has 7 heteroatoms. The van der Waals surface area contributed by atoms with E-state index in [1.807, 2.05) is 18.2 Å². The Morgan fingerprint density at radius 3 is 2.90 bits per heavy atom. The number of oxazole rings is 1. The maximum Gasteiger partial charge on any atom is 0.357 e. The highest BCUT2D eigenvalue weighted by Crippen LogP contribution is 2.53. The minimum atomic E-state index is -1.14. The van der Waals surface area contributed by atoms with Crippen LogP contribution in [-0.4, -0.2) is 22.7 Å². The second-order valence-electron chi connectivity index (χ2n) is 8.02. The maximum absolute atomic E-state index is 14.6. The number of aromatic nitrogens is 1. The van der Waals surface area contributed by atoms with E-state index in [0.29, 0.717) is 23.5 Å². The first-order chi connectivity index (χ1) is 13.9. The molecule has 3 heterocycles. The van der Waals surface area contributed by atoms with Crippen molar-refractivity contribution in [3.8, 4) is 17.2 Å². The Kier molecular flexibility index (Phi) is 3.71. The second-order valence-corrected chi connectivity index (χ2v) is 8.02. The van der Waals surface area contributed by atoms with E-state index < -0.39 is 5.97 Å². The van der Waals surface area contributed by atoms with Crippen LogP contribution in [0.5, 0.6) is 5.75 Å². The highest BCUT2D eigenvalue weighted by Gasteiger charge is 2.47. The lowest BCUT2D eigenvalue weighted by molar-refractivity contribution is 0.0690. The normalized spacial score (nSPS) is 21.2. The van der Waals surface area contributed by atoms with Gasteiger partial charge in [-0.2, -0.15) is 0 Å². The molecule has 0 bridgehead atoms. The van der Waals surface area contributed by atoms with E-state index in [9.17, 15) is 9.18 Å². The topological polar surface area (TPSA) is 84.6 Å².